The van der Waals surface area contributed by atoms with Crippen molar-refractivity contribution in [2.45, 2.75) is 52.9 Å². The summed E-state index contributed by atoms with van der Waals surface area (Å²) in [5.74, 6) is 0. The molecular formula is C13H30O3. The zero-order valence-corrected chi connectivity index (χ0v) is 11.3. The molecule has 0 aliphatic carbocycles. The summed E-state index contributed by atoms with van der Waals surface area (Å²) in [6.07, 6.45) is 7.01. The van der Waals surface area contributed by atoms with Gasteiger partial charge in [-0.05, 0) is 6.92 Å². The second-order valence-electron chi connectivity index (χ2n) is 3.60. The lowest BCUT2D eigenvalue weighted by atomic mass is 10.2. The van der Waals surface area contributed by atoms with Crippen molar-refractivity contribution in [1.82, 2.24) is 0 Å². The predicted molar refractivity (Wildman–Crippen MR) is 68.8 cm³/mol. The average molecular weight is 234 g/mol. The van der Waals surface area contributed by atoms with Crippen LogP contribution in [0.2, 0.25) is 0 Å². The maximum absolute atomic E-state index is 7.57. The molecule has 100 valence electrons. The van der Waals surface area contributed by atoms with Gasteiger partial charge in [0.25, 0.3) is 0 Å². The lowest BCUT2D eigenvalue weighted by Crippen LogP contribution is -2.16. The van der Waals surface area contributed by atoms with Gasteiger partial charge < -0.3 is 14.6 Å². The summed E-state index contributed by atoms with van der Waals surface area (Å²) in [6.45, 7) is 9.53. The monoisotopic (exact) mass is 234 g/mol. The van der Waals surface area contributed by atoms with Gasteiger partial charge in [0.1, 0.15) is 0 Å². The summed E-state index contributed by atoms with van der Waals surface area (Å²) < 4.78 is 9.89. The van der Waals surface area contributed by atoms with E-state index >= 15 is 0 Å². The van der Waals surface area contributed by atoms with Gasteiger partial charge in [-0.1, -0.05) is 46.0 Å². The smallest absolute Gasteiger partial charge is 0.0701 e. The first-order valence-corrected chi connectivity index (χ1v) is 6.59. The molecule has 3 heteroatoms. The summed E-state index contributed by atoms with van der Waals surface area (Å²) in [5, 5.41) is 7.57. The lowest BCUT2D eigenvalue weighted by molar-refractivity contribution is -0.0334. The van der Waals surface area contributed by atoms with Gasteiger partial charge in [0, 0.05) is 6.61 Å². The van der Waals surface area contributed by atoms with Crippen LogP contribution in [0.4, 0.5) is 0 Å². The molecule has 0 unspecified atom stereocenters. The highest BCUT2D eigenvalue weighted by Gasteiger charge is 1.94. The van der Waals surface area contributed by atoms with E-state index in [-0.39, 0.29) is 6.61 Å². The molecule has 0 bridgehead atoms. The molecule has 1 aliphatic heterocycles. The SMILES string of the molecule is C1COCCO1.CCCCCCC.CCO. The number of aliphatic hydroxyl groups is 1. The minimum Gasteiger partial charge on any atom is -0.397 e. The van der Waals surface area contributed by atoms with Crippen LogP contribution in [0, 0.1) is 0 Å². The predicted octanol–water partition coefficient (Wildman–Crippen LogP) is 3.01. The summed E-state index contributed by atoms with van der Waals surface area (Å²) in [5.41, 5.74) is 0. The van der Waals surface area contributed by atoms with E-state index < -0.39 is 0 Å². The topological polar surface area (TPSA) is 38.7 Å². The van der Waals surface area contributed by atoms with Gasteiger partial charge >= 0.3 is 0 Å². The molecule has 0 amide bonds. The Labute approximate surface area is 101 Å². The zero-order valence-electron chi connectivity index (χ0n) is 11.3. The fourth-order valence-electron chi connectivity index (χ4n) is 1.12. The molecule has 0 atom stereocenters. The highest BCUT2D eigenvalue weighted by Crippen LogP contribution is 2.00. The van der Waals surface area contributed by atoms with E-state index in [1.54, 1.807) is 6.92 Å². The minimum absolute atomic E-state index is 0.250. The van der Waals surface area contributed by atoms with Crippen molar-refractivity contribution in [1.29, 1.82) is 0 Å². The van der Waals surface area contributed by atoms with Gasteiger partial charge in [0.05, 0.1) is 26.4 Å². The summed E-state index contributed by atoms with van der Waals surface area (Å²) in [7, 11) is 0. The standard InChI is InChI=1S/C7H16.C4H8O2.C2H6O/c1-3-5-7-6-4-2;1-2-6-4-3-5-1;1-2-3/h3-7H2,1-2H3;1-4H2;3H,2H2,1H3. The molecule has 0 aromatic carbocycles. The van der Waals surface area contributed by atoms with E-state index in [0.717, 1.165) is 26.4 Å². The zero-order chi connectivity index (χ0) is 12.5. The Hall–Kier alpha value is -0.120. The van der Waals surface area contributed by atoms with Crippen LogP contribution in [-0.4, -0.2) is 38.1 Å². The van der Waals surface area contributed by atoms with Crippen molar-refractivity contribution in [2.24, 2.45) is 0 Å². The number of hydrogen-bond acceptors (Lipinski definition) is 3. The van der Waals surface area contributed by atoms with Gasteiger partial charge in [-0.25, -0.2) is 0 Å². The number of aliphatic hydroxyl groups excluding tert-OH is 1. The molecule has 0 aromatic heterocycles. The molecule has 0 saturated carbocycles. The summed E-state index contributed by atoms with van der Waals surface area (Å²) in [4.78, 5) is 0. The molecule has 3 nitrogen and oxygen atoms in total. The van der Waals surface area contributed by atoms with Crippen molar-refractivity contribution < 1.29 is 14.6 Å². The maximum atomic E-state index is 7.57. The molecule has 1 saturated heterocycles. The average Bonchev–Trinajstić information content (AvgIpc) is 2.34. The summed E-state index contributed by atoms with van der Waals surface area (Å²) in [6, 6.07) is 0. The Kier molecular flexibility index (Phi) is 23.2. The second kappa shape index (κ2) is 20.3. The first-order valence-electron chi connectivity index (χ1n) is 6.59. The van der Waals surface area contributed by atoms with Crippen molar-refractivity contribution in [3.8, 4) is 0 Å². The Morgan fingerprint density at radius 3 is 1.25 bits per heavy atom. The van der Waals surface area contributed by atoms with Gasteiger partial charge in [-0.2, -0.15) is 0 Å². The van der Waals surface area contributed by atoms with Crippen molar-refractivity contribution >= 4 is 0 Å². The third-order valence-electron chi connectivity index (χ3n) is 1.95. The Balaban J connectivity index is 0. The minimum atomic E-state index is 0.250. The highest BCUT2D eigenvalue weighted by atomic mass is 16.6. The van der Waals surface area contributed by atoms with Crippen LogP contribution in [0.5, 0.6) is 0 Å². The van der Waals surface area contributed by atoms with Crippen molar-refractivity contribution in [3.05, 3.63) is 0 Å². The lowest BCUT2D eigenvalue weighted by Gasteiger charge is -2.09. The number of rotatable bonds is 4. The van der Waals surface area contributed by atoms with Crippen LogP contribution in [0.1, 0.15) is 52.9 Å². The fraction of sp³-hybridized carbons (Fsp3) is 1.00. The van der Waals surface area contributed by atoms with Crippen LogP contribution < -0.4 is 0 Å². The van der Waals surface area contributed by atoms with Crippen LogP contribution in [-0.2, 0) is 9.47 Å². The molecular weight excluding hydrogens is 204 g/mol. The quantitative estimate of drug-likeness (QED) is 0.760. The summed E-state index contributed by atoms with van der Waals surface area (Å²) >= 11 is 0. The number of ether oxygens (including phenoxy) is 2. The molecule has 16 heavy (non-hydrogen) atoms. The van der Waals surface area contributed by atoms with Crippen LogP contribution >= 0.6 is 0 Å². The Morgan fingerprint density at radius 2 is 1.06 bits per heavy atom. The third-order valence-corrected chi connectivity index (χ3v) is 1.95. The molecule has 0 radical (unpaired) electrons. The molecule has 1 aliphatic rings. The normalized spacial score (nSPS) is 14.2. The first kappa shape index (κ1) is 18.3. The van der Waals surface area contributed by atoms with E-state index in [9.17, 15) is 0 Å². The van der Waals surface area contributed by atoms with Gasteiger partial charge in [0.2, 0.25) is 0 Å². The van der Waals surface area contributed by atoms with Crippen molar-refractivity contribution in [3.63, 3.8) is 0 Å². The van der Waals surface area contributed by atoms with Crippen LogP contribution in [0.3, 0.4) is 0 Å². The Morgan fingerprint density at radius 1 is 0.750 bits per heavy atom. The fourth-order valence-corrected chi connectivity index (χ4v) is 1.12. The largest absolute Gasteiger partial charge is 0.397 e. The van der Waals surface area contributed by atoms with E-state index in [0.29, 0.717) is 0 Å². The second-order valence-corrected chi connectivity index (χ2v) is 3.60. The molecule has 0 aromatic rings. The van der Waals surface area contributed by atoms with Crippen LogP contribution in [0.15, 0.2) is 0 Å². The molecule has 0 spiro atoms. The van der Waals surface area contributed by atoms with E-state index in [1.165, 1.54) is 32.1 Å². The Bertz CT molecular complexity index is 77.7. The maximum Gasteiger partial charge on any atom is 0.0701 e. The molecule has 1 fully saturated rings. The third kappa shape index (κ3) is 23.6. The molecule has 1 rings (SSSR count). The number of hydrogen-bond donors (Lipinski definition) is 1. The van der Waals surface area contributed by atoms with Gasteiger partial charge in [-0.15, -0.1) is 0 Å². The first-order chi connectivity index (χ1) is 7.83. The van der Waals surface area contributed by atoms with Gasteiger partial charge in [0.15, 0.2) is 0 Å². The van der Waals surface area contributed by atoms with E-state index in [4.69, 9.17) is 14.6 Å². The molecule has 1 N–H and O–H groups in total. The highest BCUT2D eigenvalue weighted by molar-refractivity contribution is 4.37. The van der Waals surface area contributed by atoms with Gasteiger partial charge in [-0.3, -0.25) is 0 Å². The number of unbranched alkanes of at least 4 members (excludes halogenated alkanes) is 4. The van der Waals surface area contributed by atoms with Crippen LogP contribution in [0.25, 0.3) is 0 Å². The van der Waals surface area contributed by atoms with E-state index in [2.05, 4.69) is 13.8 Å². The van der Waals surface area contributed by atoms with E-state index in [1.807, 2.05) is 0 Å². The molecule has 1 heterocycles. The van der Waals surface area contributed by atoms with Crippen molar-refractivity contribution in [2.75, 3.05) is 33.0 Å².